The van der Waals surface area contributed by atoms with Crippen LogP contribution in [0.5, 0.6) is 0 Å². The van der Waals surface area contributed by atoms with Gasteiger partial charge in [-0.05, 0) is 55.8 Å². The van der Waals surface area contributed by atoms with Crippen molar-refractivity contribution < 1.29 is 9.53 Å². The van der Waals surface area contributed by atoms with Gasteiger partial charge in [-0.2, -0.15) is 0 Å². The minimum absolute atomic E-state index is 0.269. The third-order valence-corrected chi connectivity index (χ3v) is 6.20. The Labute approximate surface area is 190 Å². The number of aromatic nitrogens is 1. The first-order valence-corrected chi connectivity index (χ1v) is 11.1. The Morgan fingerprint density at radius 3 is 2.53 bits per heavy atom. The van der Waals surface area contributed by atoms with Crippen molar-refractivity contribution in [3.8, 4) is 0 Å². The molecule has 0 fully saturated rings. The van der Waals surface area contributed by atoms with Gasteiger partial charge in [-0.3, -0.25) is 0 Å². The number of carbonyl (C=O) groups excluding carboxylic acids is 1. The Balaban J connectivity index is 1.61. The molecule has 0 amide bonds. The third kappa shape index (κ3) is 4.07. The van der Waals surface area contributed by atoms with E-state index >= 15 is 0 Å². The zero-order valence-electron chi connectivity index (χ0n) is 17.7. The van der Waals surface area contributed by atoms with Gasteiger partial charge in [-0.25, -0.2) is 14.8 Å². The second-order valence-corrected chi connectivity index (χ2v) is 8.71. The van der Waals surface area contributed by atoms with Crippen LogP contribution in [0.4, 0.5) is 0 Å². The SMILES string of the molecule is Cc1cccc(C2=NC(=Cc3cc4cccc(C)c4nc3Sc3ccccc3)C(=O)O2)c1. The van der Waals surface area contributed by atoms with Gasteiger partial charge in [0.05, 0.1) is 5.52 Å². The fourth-order valence-corrected chi connectivity index (χ4v) is 4.48. The summed E-state index contributed by atoms with van der Waals surface area (Å²) in [6, 6.07) is 26.0. The summed E-state index contributed by atoms with van der Waals surface area (Å²) in [5.41, 5.74) is 5.02. The lowest BCUT2D eigenvalue weighted by Crippen LogP contribution is -2.05. The van der Waals surface area contributed by atoms with Crippen LogP contribution >= 0.6 is 11.8 Å². The van der Waals surface area contributed by atoms with Crippen LogP contribution in [0.1, 0.15) is 22.3 Å². The summed E-state index contributed by atoms with van der Waals surface area (Å²) in [5, 5.41) is 1.83. The number of aryl methyl sites for hydroxylation is 2. The molecule has 4 aromatic rings. The Morgan fingerprint density at radius 2 is 1.72 bits per heavy atom. The van der Waals surface area contributed by atoms with E-state index in [0.717, 1.165) is 43.1 Å². The Hall–Kier alpha value is -3.70. The summed E-state index contributed by atoms with van der Waals surface area (Å²) < 4.78 is 5.47. The molecular formula is C27H20N2O2S. The largest absolute Gasteiger partial charge is 0.402 e. The number of cyclic esters (lactones) is 1. The lowest BCUT2D eigenvalue weighted by Gasteiger charge is -2.09. The number of fused-ring (bicyclic) bond motifs is 1. The second kappa shape index (κ2) is 8.44. The van der Waals surface area contributed by atoms with Crippen LogP contribution in [-0.4, -0.2) is 16.9 Å². The summed E-state index contributed by atoms with van der Waals surface area (Å²) >= 11 is 1.57. The number of aliphatic imine (C=N–C) groups is 1. The maximum Gasteiger partial charge on any atom is 0.363 e. The molecule has 1 aliphatic rings. The molecular weight excluding hydrogens is 416 g/mol. The highest BCUT2D eigenvalue weighted by Gasteiger charge is 2.25. The van der Waals surface area contributed by atoms with Gasteiger partial charge in [0.1, 0.15) is 5.03 Å². The standard InChI is InChI=1S/C27H20N2O2S/c1-17-8-6-11-20(14-17)25-28-23(27(30)31-25)16-21-15-19-10-7-9-18(2)24(19)29-26(21)32-22-12-4-3-5-13-22/h3-16H,1-2H3. The molecule has 0 N–H and O–H groups in total. The first-order chi connectivity index (χ1) is 15.6. The molecule has 0 atom stereocenters. The van der Waals surface area contributed by atoms with Crippen LogP contribution in [0.2, 0.25) is 0 Å². The molecule has 3 aromatic carbocycles. The maximum atomic E-state index is 12.6. The van der Waals surface area contributed by atoms with Crippen LogP contribution in [0.3, 0.4) is 0 Å². The number of pyridine rings is 1. The van der Waals surface area contributed by atoms with E-state index in [1.807, 2.05) is 73.7 Å². The normalized spacial score (nSPS) is 14.6. The van der Waals surface area contributed by atoms with Gasteiger partial charge in [0.2, 0.25) is 5.90 Å². The molecule has 5 heteroatoms. The predicted octanol–water partition coefficient (Wildman–Crippen LogP) is 6.35. The number of rotatable bonds is 4. The number of hydrogen-bond donors (Lipinski definition) is 0. The quantitative estimate of drug-likeness (QED) is 0.276. The van der Waals surface area contributed by atoms with Gasteiger partial charge in [0, 0.05) is 21.4 Å². The third-order valence-electron chi connectivity index (χ3n) is 5.18. The van der Waals surface area contributed by atoms with Crippen LogP contribution in [0.15, 0.2) is 99.5 Å². The van der Waals surface area contributed by atoms with E-state index < -0.39 is 5.97 Å². The molecule has 0 saturated carbocycles. The highest BCUT2D eigenvalue weighted by atomic mass is 32.2. The van der Waals surface area contributed by atoms with Gasteiger partial charge in [0.25, 0.3) is 0 Å². The van der Waals surface area contributed by atoms with E-state index in [9.17, 15) is 4.79 Å². The van der Waals surface area contributed by atoms with Gasteiger partial charge >= 0.3 is 5.97 Å². The lowest BCUT2D eigenvalue weighted by molar-refractivity contribution is -0.129. The molecule has 156 valence electrons. The molecule has 1 aliphatic heterocycles. The topological polar surface area (TPSA) is 51.5 Å². The number of ether oxygens (including phenoxy) is 1. The molecule has 2 heterocycles. The number of nitrogens with zero attached hydrogens (tertiary/aromatic N) is 2. The van der Waals surface area contributed by atoms with E-state index in [1.165, 1.54) is 0 Å². The van der Waals surface area contributed by atoms with Gasteiger partial charge in [-0.15, -0.1) is 0 Å². The molecule has 1 aromatic heterocycles. The highest BCUT2D eigenvalue weighted by Crippen LogP contribution is 2.33. The van der Waals surface area contributed by atoms with Crippen LogP contribution in [-0.2, 0) is 9.53 Å². The Bertz CT molecular complexity index is 1410. The fourth-order valence-electron chi connectivity index (χ4n) is 3.59. The van der Waals surface area contributed by atoms with E-state index in [2.05, 4.69) is 24.0 Å². The summed E-state index contributed by atoms with van der Waals surface area (Å²) in [6.45, 7) is 4.05. The van der Waals surface area contributed by atoms with E-state index in [4.69, 9.17) is 9.72 Å². The molecule has 0 spiro atoms. The number of hydrogen-bond acceptors (Lipinski definition) is 5. The summed E-state index contributed by atoms with van der Waals surface area (Å²) in [6.07, 6.45) is 1.77. The molecule has 4 nitrogen and oxygen atoms in total. The van der Waals surface area contributed by atoms with Crippen LogP contribution in [0.25, 0.3) is 17.0 Å². The number of carbonyl (C=O) groups is 1. The molecule has 0 bridgehead atoms. The minimum atomic E-state index is -0.457. The zero-order valence-corrected chi connectivity index (χ0v) is 18.5. The molecule has 0 radical (unpaired) electrons. The van der Waals surface area contributed by atoms with Crippen molar-refractivity contribution in [2.45, 2.75) is 23.8 Å². The lowest BCUT2D eigenvalue weighted by atomic mass is 10.1. The van der Waals surface area contributed by atoms with Gasteiger partial charge in [0.15, 0.2) is 5.70 Å². The minimum Gasteiger partial charge on any atom is -0.402 e. The average molecular weight is 437 g/mol. The van der Waals surface area contributed by atoms with Gasteiger partial charge < -0.3 is 4.74 Å². The fraction of sp³-hybridized carbons (Fsp3) is 0.0741. The van der Waals surface area contributed by atoms with Crippen molar-refractivity contribution in [1.29, 1.82) is 0 Å². The van der Waals surface area contributed by atoms with Crippen molar-refractivity contribution in [2.75, 3.05) is 0 Å². The molecule has 0 unspecified atom stereocenters. The number of benzene rings is 3. The number of esters is 1. The smallest absolute Gasteiger partial charge is 0.363 e. The molecule has 0 aliphatic carbocycles. The monoisotopic (exact) mass is 436 g/mol. The van der Waals surface area contributed by atoms with Crippen LogP contribution in [0, 0.1) is 13.8 Å². The van der Waals surface area contributed by atoms with Crippen LogP contribution < -0.4 is 0 Å². The van der Waals surface area contributed by atoms with Gasteiger partial charge in [-0.1, -0.05) is 65.9 Å². The van der Waals surface area contributed by atoms with Crippen molar-refractivity contribution in [3.05, 3.63) is 107 Å². The first-order valence-electron chi connectivity index (χ1n) is 10.3. The Morgan fingerprint density at radius 1 is 0.906 bits per heavy atom. The molecule has 32 heavy (non-hydrogen) atoms. The zero-order chi connectivity index (χ0) is 22.1. The summed E-state index contributed by atoms with van der Waals surface area (Å²) in [7, 11) is 0. The summed E-state index contributed by atoms with van der Waals surface area (Å²) in [5.74, 6) is -0.131. The first kappa shape index (κ1) is 20.2. The van der Waals surface area contributed by atoms with Crippen molar-refractivity contribution in [2.24, 2.45) is 4.99 Å². The summed E-state index contributed by atoms with van der Waals surface area (Å²) in [4.78, 5) is 23.1. The highest BCUT2D eigenvalue weighted by molar-refractivity contribution is 7.99. The molecule has 0 saturated heterocycles. The second-order valence-electron chi connectivity index (χ2n) is 7.65. The van der Waals surface area contributed by atoms with Crippen molar-refractivity contribution >= 4 is 40.6 Å². The average Bonchev–Trinajstić information content (AvgIpc) is 3.16. The maximum absolute atomic E-state index is 12.6. The van der Waals surface area contributed by atoms with E-state index in [-0.39, 0.29) is 5.70 Å². The predicted molar refractivity (Wildman–Crippen MR) is 129 cm³/mol. The van der Waals surface area contributed by atoms with E-state index in [1.54, 1.807) is 17.8 Å². The molecule has 5 rings (SSSR count). The van der Waals surface area contributed by atoms with Crippen molar-refractivity contribution in [1.82, 2.24) is 4.98 Å². The van der Waals surface area contributed by atoms with E-state index in [0.29, 0.717) is 5.90 Å². The van der Waals surface area contributed by atoms with Crippen molar-refractivity contribution in [3.63, 3.8) is 0 Å². The number of para-hydroxylation sites is 1. The Kier molecular flexibility index (Phi) is 5.33.